The highest BCUT2D eigenvalue weighted by Gasteiger charge is 2.12. The lowest BCUT2D eigenvalue weighted by Gasteiger charge is -2.25. The third-order valence-electron chi connectivity index (χ3n) is 3.28. The van der Waals surface area contributed by atoms with Crippen LogP contribution in [0.4, 0.5) is 0 Å². The first-order valence-electron chi connectivity index (χ1n) is 7.10. The number of aromatic nitrogens is 1. The van der Waals surface area contributed by atoms with Gasteiger partial charge in [-0.2, -0.15) is 0 Å². The van der Waals surface area contributed by atoms with Crippen molar-refractivity contribution in [2.45, 2.75) is 39.4 Å². The van der Waals surface area contributed by atoms with Gasteiger partial charge in [-0.15, -0.1) is 11.3 Å². The summed E-state index contributed by atoms with van der Waals surface area (Å²) in [6, 6.07) is 11.1. The molecule has 0 saturated heterocycles. The summed E-state index contributed by atoms with van der Waals surface area (Å²) in [5.74, 6) is 0. The summed E-state index contributed by atoms with van der Waals surface area (Å²) in [5, 5.41) is 3.30. The van der Waals surface area contributed by atoms with E-state index in [1.807, 2.05) is 0 Å². The van der Waals surface area contributed by atoms with Gasteiger partial charge in [0.2, 0.25) is 0 Å². The molecule has 0 amide bonds. The fourth-order valence-electron chi connectivity index (χ4n) is 2.11. The van der Waals surface area contributed by atoms with Crippen LogP contribution in [0.25, 0.3) is 0 Å². The Morgan fingerprint density at radius 3 is 2.60 bits per heavy atom. The van der Waals surface area contributed by atoms with Crippen molar-refractivity contribution in [1.29, 1.82) is 0 Å². The van der Waals surface area contributed by atoms with E-state index in [4.69, 9.17) is 5.73 Å². The molecular formula is C16H23N3S. The van der Waals surface area contributed by atoms with E-state index in [-0.39, 0.29) is 0 Å². The molecule has 4 heteroatoms. The molecule has 0 aliphatic heterocycles. The van der Waals surface area contributed by atoms with Gasteiger partial charge >= 0.3 is 0 Å². The molecule has 0 unspecified atom stereocenters. The Kier molecular flexibility index (Phi) is 5.71. The molecule has 0 saturated carbocycles. The third kappa shape index (κ3) is 4.40. The van der Waals surface area contributed by atoms with Crippen molar-refractivity contribution in [2.75, 3.05) is 6.54 Å². The summed E-state index contributed by atoms with van der Waals surface area (Å²) in [6.45, 7) is 6.99. The third-order valence-corrected chi connectivity index (χ3v) is 4.24. The molecule has 0 atom stereocenters. The van der Waals surface area contributed by atoms with Gasteiger partial charge in [0, 0.05) is 30.9 Å². The van der Waals surface area contributed by atoms with Crippen LogP contribution in [0.15, 0.2) is 35.7 Å². The van der Waals surface area contributed by atoms with E-state index >= 15 is 0 Å². The van der Waals surface area contributed by atoms with Crippen LogP contribution >= 0.6 is 11.3 Å². The van der Waals surface area contributed by atoms with Gasteiger partial charge < -0.3 is 5.73 Å². The topological polar surface area (TPSA) is 42.1 Å². The number of thiazole rings is 1. The molecule has 2 aromatic rings. The Morgan fingerprint density at radius 2 is 1.95 bits per heavy atom. The molecule has 0 bridgehead atoms. The van der Waals surface area contributed by atoms with Crippen molar-refractivity contribution in [3.05, 3.63) is 52.0 Å². The predicted octanol–water partition coefficient (Wildman–Crippen LogP) is 3.05. The zero-order chi connectivity index (χ0) is 14.4. The SMILES string of the molecule is CC(C)N(Cc1ccccc1)Cc1csc(CCN)n1. The molecule has 0 radical (unpaired) electrons. The second-order valence-corrected chi connectivity index (χ2v) is 6.20. The molecule has 0 aliphatic rings. The van der Waals surface area contributed by atoms with E-state index < -0.39 is 0 Å². The van der Waals surface area contributed by atoms with E-state index in [0.29, 0.717) is 12.6 Å². The first-order chi connectivity index (χ1) is 9.69. The standard InChI is InChI=1S/C16H23N3S/c1-13(2)19(10-14-6-4-3-5-7-14)11-15-12-20-16(18-15)8-9-17/h3-7,12-13H,8-11,17H2,1-2H3. The van der Waals surface area contributed by atoms with Crippen molar-refractivity contribution in [1.82, 2.24) is 9.88 Å². The van der Waals surface area contributed by atoms with Crippen LogP contribution in [0.3, 0.4) is 0 Å². The number of nitrogens with zero attached hydrogens (tertiary/aromatic N) is 2. The predicted molar refractivity (Wildman–Crippen MR) is 85.7 cm³/mol. The lowest BCUT2D eigenvalue weighted by molar-refractivity contribution is 0.201. The molecule has 2 N–H and O–H groups in total. The van der Waals surface area contributed by atoms with E-state index in [1.54, 1.807) is 11.3 Å². The first kappa shape index (κ1) is 15.2. The molecule has 1 heterocycles. The molecule has 3 nitrogen and oxygen atoms in total. The Bertz CT molecular complexity index is 507. The van der Waals surface area contributed by atoms with E-state index in [2.05, 4.69) is 59.4 Å². The lowest BCUT2D eigenvalue weighted by atomic mass is 10.2. The van der Waals surface area contributed by atoms with E-state index in [0.717, 1.165) is 30.2 Å². The maximum absolute atomic E-state index is 5.58. The highest BCUT2D eigenvalue weighted by molar-refractivity contribution is 7.09. The van der Waals surface area contributed by atoms with Crippen LogP contribution in [0.1, 0.15) is 30.1 Å². The second-order valence-electron chi connectivity index (χ2n) is 5.26. The zero-order valence-electron chi connectivity index (χ0n) is 12.2. The first-order valence-corrected chi connectivity index (χ1v) is 7.98. The van der Waals surface area contributed by atoms with Gasteiger partial charge in [-0.25, -0.2) is 4.98 Å². The fraction of sp³-hybridized carbons (Fsp3) is 0.438. The Labute approximate surface area is 125 Å². The maximum Gasteiger partial charge on any atom is 0.0941 e. The van der Waals surface area contributed by atoms with Crippen LogP contribution in [0.5, 0.6) is 0 Å². The summed E-state index contributed by atoms with van der Waals surface area (Å²) in [6.07, 6.45) is 0.880. The van der Waals surface area contributed by atoms with Crippen LogP contribution in [0, 0.1) is 0 Å². The lowest BCUT2D eigenvalue weighted by Crippen LogP contribution is -2.30. The minimum absolute atomic E-state index is 0.495. The van der Waals surface area contributed by atoms with Crippen LogP contribution in [-0.4, -0.2) is 22.5 Å². The molecule has 0 aliphatic carbocycles. The average molecular weight is 289 g/mol. The van der Waals surface area contributed by atoms with Gasteiger partial charge in [0.25, 0.3) is 0 Å². The molecule has 108 valence electrons. The summed E-state index contributed by atoms with van der Waals surface area (Å²) >= 11 is 1.72. The molecule has 0 fully saturated rings. The smallest absolute Gasteiger partial charge is 0.0941 e. The summed E-state index contributed by atoms with van der Waals surface area (Å²) < 4.78 is 0. The summed E-state index contributed by atoms with van der Waals surface area (Å²) in [4.78, 5) is 7.10. The van der Waals surface area contributed by atoms with Crippen molar-refractivity contribution < 1.29 is 0 Å². The van der Waals surface area contributed by atoms with Gasteiger partial charge in [0.05, 0.1) is 10.7 Å². The molecular weight excluding hydrogens is 266 g/mol. The zero-order valence-corrected chi connectivity index (χ0v) is 13.1. The van der Waals surface area contributed by atoms with Crippen molar-refractivity contribution >= 4 is 11.3 Å². The number of benzene rings is 1. The van der Waals surface area contributed by atoms with E-state index in [1.165, 1.54) is 5.56 Å². The van der Waals surface area contributed by atoms with Gasteiger partial charge in [0.1, 0.15) is 0 Å². The Hall–Kier alpha value is -1.23. The van der Waals surface area contributed by atoms with Gasteiger partial charge in [-0.1, -0.05) is 30.3 Å². The average Bonchev–Trinajstić information content (AvgIpc) is 2.87. The molecule has 20 heavy (non-hydrogen) atoms. The molecule has 2 rings (SSSR count). The number of hydrogen-bond acceptors (Lipinski definition) is 4. The maximum atomic E-state index is 5.58. The fourth-order valence-corrected chi connectivity index (χ4v) is 2.91. The Morgan fingerprint density at radius 1 is 1.20 bits per heavy atom. The molecule has 1 aromatic carbocycles. The minimum Gasteiger partial charge on any atom is -0.330 e. The highest BCUT2D eigenvalue weighted by atomic mass is 32.1. The van der Waals surface area contributed by atoms with E-state index in [9.17, 15) is 0 Å². The number of nitrogens with two attached hydrogens (primary N) is 1. The molecule has 0 spiro atoms. The van der Waals surface area contributed by atoms with Gasteiger partial charge in [-0.05, 0) is 26.0 Å². The van der Waals surface area contributed by atoms with Crippen molar-refractivity contribution in [3.8, 4) is 0 Å². The highest BCUT2D eigenvalue weighted by Crippen LogP contribution is 2.16. The van der Waals surface area contributed by atoms with Gasteiger partial charge in [-0.3, -0.25) is 4.90 Å². The largest absolute Gasteiger partial charge is 0.330 e. The van der Waals surface area contributed by atoms with Crippen LogP contribution < -0.4 is 5.73 Å². The Balaban J connectivity index is 2.01. The number of hydrogen-bond donors (Lipinski definition) is 1. The monoisotopic (exact) mass is 289 g/mol. The van der Waals surface area contributed by atoms with Gasteiger partial charge in [0.15, 0.2) is 0 Å². The summed E-state index contributed by atoms with van der Waals surface area (Å²) in [5.41, 5.74) is 8.08. The minimum atomic E-state index is 0.495. The number of rotatable bonds is 7. The van der Waals surface area contributed by atoms with Crippen molar-refractivity contribution in [3.63, 3.8) is 0 Å². The quantitative estimate of drug-likeness (QED) is 0.852. The normalized spacial score (nSPS) is 11.4. The summed E-state index contributed by atoms with van der Waals surface area (Å²) in [7, 11) is 0. The second kappa shape index (κ2) is 7.53. The van der Waals surface area contributed by atoms with Crippen LogP contribution in [0.2, 0.25) is 0 Å². The molecule has 1 aromatic heterocycles. The van der Waals surface area contributed by atoms with Crippen LogP contribution in [-0.2, 0) is 19.5 Å². The van der Waals surface area contributed by atoms with Crippen molar-refractivity contribution in [2.24, 2.45) is 5.73 Å².